The van der Waals surface area contributed by atoms with Crippen LogP contribution in [0, 0.1) is 0 Å². The maximum absolute atomic E-state index is 13.9. The van der Waals surface area contributed by atoms with E-state index in [4.69, 9.17) is 18.9 Å². The molecule has 38 heavy (non-hydrogen) atoms. The number of esters is 1. The van der Waals surface area contributed by atoms with Gasteiger partial charge in [-0.15, -0.1) is 0 Å². The third-order valence-electron chi connectivity index (χ3n) is 5.88. The molecule has 1 atom stereocenters. The number of fused-ring (bicyclic) bond motifs is 1. The molecular formula is C29H30N2O6S. The number of ether oxygens (including phenoxy) is 4. The van der Waals surface area contributed by atoms with Crippen LogP contribution in [-0.4, -0.2) is 37.5 Å². The second-order valence-electron chi connectivity index (χ2n) is 8.28. The van der Waals surface area contributed by atoms with Crippen LogP contribution in [0.25, 0.3) is 6.08 Å². The molecule has 0 amide bonds. The number of para-hydroxylation sites is 1. The summed E-state index contributed by atoms with van der Waals surface area (Å²) in [4.78, 5) is 32.2. The van der Waals surface area contributed by atoms with Gasteiger partial charge in [0.2, 0.25) is 0 Å². The Hall–Kier alpha value is -4.11. The number of hydrogen-bond acceptors (Lipinski definition) is 8. The molecule has 2 aromatic carbocycles. The molecule has 1 aliphatic rings. The highest BCUT2D eigenvalue weighted by molar-refractivity contribution is 7.07. The summed E-state index contributed by atoms with van der Waals surface area (Å²) in [5, 5.41) is 0. The number of benzene rings is 2. The van der Waals surface area contributed by atoms with Gasteiger partial charge in [0.15, 0.2) is 16.3 Å². The SMILES string of the molecule is C=CCOc1ccc(/C=c2/sc3n(c2=O)C(c2cccc(OC)c2OCC)C(C(=O)OCC)=C(C)N=3)cc1. The molecule has 1 aromatic heterocycles. The number of thiazole rings is 1. The first kappa shape index (κ1) is 26.9. The lowest BCUT2D eigenvalue weighted by molar-refractivity contribution is -0.139. The van der Waals surface area contributed by atoms with Crippen molar-refractivity contribution in [3.05, 3.63) is 97.2 Å². The van der Waals surface area contributed by atoms with E-state index in [-0.39, 0.29) is 17.7 Å². The molecule has 2 heterocycles. The van der Waals surface area contributed by atoms with Gasteiger partial charge in [-0.05, 0) is 50.6 Å². The number of rotatable bonds is 10. The smallest absolute Gasteiger partial charge is 0.338 e. The van der Waals surface area contributed by atoms with Gasteiger partial charge in [0, 0.05) is 5.56 Å². The molecule has 198 valence electrons. The summed E-state index contributed by atoms with van der Waals surface area (Å²) >= 11 is 1.26. The number of carbonyl (C=O) groups excluding carboxylic acids is 1. The highest BCUT2D eigenvalue weighted by atomic mass is 32.1. The molecule has 0 fully saturated rings. The first-order valence-electron chi connectivity index (χ1n) is 12.3. The lowest BCUT2D eigenvalue weighted by atomic mass is 9.94. The van der Waals surface area contributed by atoms with Gasteiger partial charge in [-0.2, -0.15) is 0 Å². The number of carbonyl (C=O) groups is 1. The van der Waals surface area contributed by atoms with Crippen LogP contribution >= 0.6 is 11.3 Å². The number of aromatic nitrogens is 1. The van der Waals surface area contributed by atoms with E-state index in [1.807, 2.05) is 37.3 Å². The normalized spacial score (nSPS) is 14.9. The van der Waals surface area contributed by atoms with Gasteiger partial charge < -0.3 is 18.9 Å². The quantitative estimate of drug-likeness (QED) is 0.291. The van der Waals surface area contributed by atoms with Crippen molar-refractivity contribution in [1.82, 2.24) is 4.57 Å². The van der Waals surface area contributed by atoms with Crippen LogP contribution in [0.2, 0.25) is 0 Å². The predicted octanol–water partition coefficient (Wildman–Crippen LogP) is 3.77. The van der Waals surface area contributed by atoms with Crippen molar-refractivity contribution in [1.29, 1.82) is 0 Å². The first-order chi connectivity index (χ1) is 18.4. The zero-order chi connectivity index (χ0) is 27.2. The summed E-state index contributed by atoms with van der Waals surface area (Å²) in [5.41, 5.74) is 1.93. The van der Waals surface area contributed by atoms with Crippen LogP contribution in [0.15, 0.2) is 76.2 Å². The van der Waals surface area contributed by atoms with Gasteiger partial charge in [0.05, 0.1) is 36.1 Å². The van der Waals surface area contributed by atoms with Gasteiger partial charge >= 0.3 is 5.97 Å². The van der Waals surface area contributed by atoms with Gasteiger partial charge in [-0.3, -0.25) is 9.36 Å². The van der Waals surface area contributed by atoms with Crippen LogP contribution in [0.4, 0.5) is 0 Å². The molecule has 1 aliphatic heterocycles. The largest absolute Gasteiger partial charge is 0.493 e. The van der Waals surface area contributed by atoms with E-state index in [0.29, 0.717) is 51.1 Å². The number of methoxy groups -OCH3 is 1. The van der Waals surface area contributed by atoms with Crippen molar-refractivity contribution >= 4 is 23.4 Å². The third kappa shape index (κ3) is 5.28. The summed E-state index contributed by atoms with van der Waals surface area (Å²) < 4.78 is 24.5. The minimum Gasteiger partial charge on any atom is -0.493 e. The molecule has 0 radical (unpaired) electrons. The minimum atomic E-state index is -0.807. The third-order valence-corrected chi connectivity index (χ3v) is 6.86. The summed E-state index contributed by atoms with van der Waals surface area (Å²) in [5.74, 6) is 1.14. The van der Waals surface area contributed by atoms with E-state index in [1.165, 1.54) is 15.9 Å². The molecule has 0 saturated heterocycles. The molecule has 1 unspecified atom stereocenters. The van der Waals surface area contributed by atoms with E-state index >= 15 is 0 Å². The van der Waals surface area contributed by atoms with Gasteiger partial charge in [0.1, 0.15) is 18.4 Å². The fraction of sp³-hybridized carbons (Fsp3) is 0.276. The van der Waals surface area contributed by atoms with Crippen molar-refractivity contribution in [2.24, 2.45) is 4.99 Å². The fourth-order valence-electron chi connectivity index (χ4n) is 4.26. The molecule has 0 spiro atoms. The van der Waals surface area contributed by atoms with Crippen molar-refractivity contribution in [2.75, 3.05) is 26.9 Å². The maximum Gasteiger partial charge on any atom is 0.338 e. The number of hydrogen-bond donors (Lipinski definition) is 0. The van der Waals surface area contributed by atoms with E-state index in [2.05, 4.69) is 11.6 Å². The van der Waals surface area contributed by atoms with Crippen LogP contribution in [-0.2, 0) is 9.53 Å². The van der Waals surface area contributed by atoms with E-state index in [0.717, 1.165) is 5.56 Å². The lowest BCUT2D eigenvalue weighted by Crippen LogP contribution is -2.40. The summed E-state index contributed by atoms with van der Waals surface area (Å²) in [6.45, 7) is 9.98. The fourth-order valence-corrected chi connectivity index (χ4v) is 5.31. The Bertz CT molecular complexity index is 1550. The molecule has 0 saturated carbocycles. The zero-order valence-electron chi connectivity index (χ0n) is 21.9. The molecule has 0 N–H and O–H groups in total. The Labute approximate surface area is 224 Å². The van der Waals surface area contributed by atoms with Gasteiger partial charge in [0.25, 0.3) is 5.56 Å². The van der Waals surface area contributed by atoms with Crippen molar-refractivity contribution in [3.63, 3.8) is 0 Å². The maximum atomic E-state index is 13.9. The highest BCUT2D eigenvalue weighted by Crippen LogP contribution is 2.40. The van der Waals surface area contributed by atoms with Crippen molar-refractivity contribution in [3.8, 4) is 17.2 Å². The Morgan fingerprint density at radius 2 is 1.89 bits per heavy atom. The van der Waals surface area contributed by atoms with E-state index in [1.54, 1.807) is 45.2 Å². The summed E-state index contributed by atoms with van der Waals surface area (Å²) in [6, 6.07) is 12.0. The molecular weight excluding hydrogens is 504 g/mol. The predicted molar refractivity (Wildman–Crippen MR) is 147 cm³/mol. The summed E-state index contributed by atoms with van der Waals surface area (Å²) in [7, 11) is 1.55. The van der Waals surface area contributed by atoms with Gasteiger partial charge in [-0.1, -0.05) is 48.3 Å². The van der Waals surface area contributed by atoms with Crippen molar-refractivity contribution < 1.29 is 23.7 Å². The minimum absolute atomic E-state index is 0.190. The topological polar surface area (TPSA) is 88.3 Å². The Balaban J connectivity index is 1.92. The molecule has 9 heteroatoms. The molecule has 8 nitrogen and oxygen atoms in total. The molecule has 3 aromatic rings. The second kappa shape index (κ2) is 12.0. The van der Waals surface area contributed by atoms with Crippen LogP contribution in [0.1, 0.15) is 37.9 Å². The first-order valence-corrected chi connectivity index (χ1v) is 13.1. The Morgan fingerprint density at radius 3 is 2.55 bits per heavy atom. The summed E-state index contributed by atoms with van der Waals surface area (Å²) in [6.07, 6.45) is 3.48. The van der Waals surface area contributed by atoms with Crippen molar-refractivity contribution in [2.45, 2.75) is 26.8 Å². The Morgan fingerprint density at radius 1 is 1.13 bits per heavy atom. The highest BCUT2D eigenvalue weighted by Gasteiger charge is 2.35. The standard InChI is InChI=1S/C29H30N2O6S/c1-6-16-37-20-14-12-19(13-15-20)17-23-27(32)31-25(21-10-9-11-22(34-5)26(21)35-7-2)24(28(33)36-8-3)18(4)30-29(31)38-23/h6,9-15,17,25H,1,7-8,16H2,2-5H3/b23-17+. The lowest BCUT2D eigenvalue weighted by Gasteiger charge is -2.26. The monoisotopic (exact) mass is 534 g/mol. The number of allylic oxidation sites excluding steroid dienone is 1. The molecule has 4 rings (SSSR count). The Kier molecular flexibility index (Phi) is 8.48. The van der Waals surface area contributed by atoms with E-state index in [9.17, 15) is 9.59 Å². The molecule has 0 aliphatic carbocycles. The van der Waals surface area contributed by atoms with Gasteiger partial charge in [-0.25, -0.2) is 9.79 Å². The molecule has 0 bridgehead atoms. The van der Waals surface area contributed by atoms with Crippen LogP contribution in [0.3, 0.4) is 0 Å². The number of nitrogens with zero attached hydrogens (tertiary/aromatic N) is 2. The average molecular weight is 535 g/mol. The average Bonchev–Trinajstić information content (AvgIpc) is 3.22. The second-order valence-corrected chi connectivity index (χ2v) is 9.29. The van der Waals surface area contributed by atoms with Crippen LogP contribution < -0.4 is 29.1 Å². The van der Waals surface area contributed by atoms with Crippen LogP contribution in [0.5, 0.6) is 17.2 Å². The van der Waals surface area contributed by atoms with E-state index < -0.39 is 12.0 Å². The zero-order valence-corrected chi connectivity index (χ0v) is 22.7.